The molecule has 0 saturated heterocycles. The van der Waals surface area contributed by atoms with Crippen LogP contribution in [0.1, 0.15) is 13.8 Å². The van der Waals surface area contributed by atoms with Crippen molar-refractivity contribution < 1.29 is 37.9 Å². The van der Waals surface area contributed by atoms with Crippen molar-refractivity contribution in [2.45, 2.75) is 20.0 Å². The number of carbonyl (C=O) groups excluding carboxylic acids is 1. The highest BCUT2D eigenvalue weighted by molar-refractivity contribution is 7.49. The number of aliphatic hydroxyl groups is 1. The molecule has 4 rings (SSSR count). The first-order valence-electron chi connectivity index (χ1n) is 10.2. The summed E-state index contributed by atoms with van der Waals surface area (Å²) < 4.78 is 30.6. The number of carbonyl (C=O) groups is 2. The van der Waals surface area contributed by atoms with E-state index in [2.05, 4.69) is 0 Å². The van der Waals surface area contributed by atoms with Crippen LogP contribution in [0.2, 0.25) is 0 Å². The van der Waals surface area contributed by atoms with Gasteiger partial charge in [0.25, 0.3) is 0 Å². The maximum atomic E-state index is 13.7. The fourth-order valence-corrected chi connectivity index (χ4v) is 5.89. The zero-order valence-corrected chi connectivity index (χ0v) is 18.3. The maximum Gasteiger partial charge on any atom is 0.646 e. The van der Waals surface area contributed by atoms with E-state index in [4.69, 9.17) is 13.6 Å². The van der Waals surface area contributed by atoms with Gasteiger partial charge in [-0.1, -0.05) is 43.3 Å². The van der Waals surface area contributed by atoms with Gasteiger partial charge in [-0.25, -0.2) is 4.79 Å². The Hall–Kier alpha value is -3.09. The number of hydrogen-bond acceptors (Lipinski definition) is 7. The highest BCUT2D eigenvalue weighted by atomic mass is 31.2. The molecule has 9 heteroatoms. The number of Topliss-reactive ketones (excluding diaryl/α,β-unsaturated/α-hetero) is 1. The molecule has 0 heterocycles. The van der Waals surface area contributed by atoms with Gasteiger partial charge in [-0.15, -0.1) is 0 Å². The normalized spacial score (nSPS) is 25.5. The summed E-state index contributed by atoms with van der Waals surface area (Å²) in [4.78, 5) is 24.6. The summed E-state index contributed by atoms with van der Waals surface area (Å²) in [7, 11) is -4.41. The fourth-order valence-electron chi connectivity index (χ4n) is 4.51. The minimum absolute atomic E-state index is 0.126. The lowest BCUT2D eigenvalue weighted by Gasteiger charge is -2.42. The lowest BCUT2D eigenvalue weighted by atomic mass is 9.59. The Kier molecular flexibility index (Phi) is 5.84. The average molecular weight is 458 g/mol. The molecule has 0 aromatic heterocycles. The third kappa shape index (κ3) is 3.92. The van der Waals surface area contributed by atoms with E-state index in [1.165, 1.54) is 6.92 Å². The van der Waals surface area contributed by atoms with Crippen LogP contribution >= 0.6 is 7.82 Å². The SMILES string of the molecule is C[C@@H](O)[C@H]1C(=O)C2C(C(=O)O)=C(OP(=O)(Oc3ccccc3)Oc3ccccc3)[C@H](C)[C@@H]21. The molecule has 0 spiro atoms. The third-order valence-electron chi connectivity index (χ3n) is 5.88. The van der Waals surface area contributed by atoms with E-state index in [9.17, 15) is 24.4 Å². The van der Waals surface area contributed by atoms with Gasteiger partial charge in [0.2, 0.25) is 0 Å². The molecule has 1 unspecified atom stereocenters. The van der Waals surface area contributed by atoms with E-state index in [0.717, 1.165) is 0 Å². The average Bonchev–Trinajstić information content (AvgIpc) is 2.97. The number of rotatable bonds is 8. The molecule has 2 N–H and O–H groups in total. The molecule has 1 saturated carbocycles. The van der Waals surface area contributed by atoms with Crippen molar-refractivity contribution in [2.75, 3.05) is 0 Å². The van der Waals surface area contributed by atoms with Crippen LogP contribution < -0.4 is 9.05 Å². The van der Waals surface area contributed by atoms with Gasteiger partial charge < -0.3 is 23.8 Å². The Labute approximate surface area is 185 Å². The lowest BCUT2D eigenvalue weighted by Crippen LogP contribution is -2.53. The number of carboxylic acid groups (broad SMARTS) is 1. The topological polar surface area (TPSA) is 119 Å². The lowest BCUT2D eigenvalue weighted by molar-refractivity contribution is -0.151. The smallest absolute Gasteiger partial charge is 0.478 e. The van der Waals surface area contributed by atoms with Crippen LogP contribution in [-0.4, -0.2) is 28.1 Å². The number of aliphatic carboxylic acids is 1. The molecule has 5 atom stereocenters. The summed E-state index contributed by atoms with van der Waals surface area (Å²) in [5.41, 5.74) is -0.266. The Morgan fingerprint density at radius 2 is 1.47 bits per heavy atom. The van der Waals surface area contributed by atoms with Crippen LogP contribution in [0, 0.1) is 23.7 Å². The molecule has 8 nitrogen and oxygen atoms in total. The number of ketones is 1. The zero-order chi connectivity index (χ0) is 23.0. The van der Waals surface area contributed by atoms with Crippen molar-refractivity contribution in [3.05, 3.63) is 72.0 Å². The molecule has 2 aromatic carbocycles. The second-order valence-electron chi connectivity index (χ2n) is 7.94. The first kappa shape index (κ1) is 22.1. The van der Waals surface area contributed by atoms with Gasteiger partial charge in [-0.3, -0.25) is 4.79 Å². The monoisotopic (exact) mass is 458 g/mol. The number of fused-ring (bicyclic) bond motifs is 1. The number of benzene rings is 2. The molecule has 0 aliphatic heterocycles. The molecule has 2 aromatic rings. The largest absolute Gasteiger partial charge is 0.646 e. The predicted molar refractivity (Wildman–Crippen MR) is 114 cm³/mol. The molecule has 0 radical (unpaired) electrons. The molecule has 2 aliphatic carbocycles. The molecule has 32 heavy (non-hydrogen) atoms. The van der Waals surface area contributed by atoms with E-state index < -0.39 is 43.6 Å². The third-order valence-corrected chi connectivity index (χ3v) is 7.17. The summed E-state index contributed by atoms with van der Waals surface area (Å²) in [6, 6.07) is 16.4. The van der Waals surface area contributed by atoms with E-state index in [-0.39, 0.29) is 28.6 Å². The van der Waals surface area contributed by atoms with Gasteiger partial charge in [0.1, 0.15) is 23.0 Å². The van der Waals surface area contributed by atoms with Crippen molar-refractivity contribution in [3.8, 4) is 11.5 Å². The second kappa shape index (κ2) is 8.45. The molecular formula is C23H23O8P. The number of aliphatic hydroxyl groups excluding tert-OH is 1. The highest BCUT2D eigenvalue weighted by Gasteiger charge is 2.63. The number of allylic oxidation sites excluding steroid dienone is 1. The number of hydrogen-bond donors (Lipinski definition) is 2. The van der Waals surface area contributed by atoms with Gasteiger partial charge in [0.05, 0.1) is 17.6 Å². The molecule has 168 valence electrons. The highest BCUT2D eigenvalue weighted by Crippen LogP contribution is 2.60. The van der Waals surface area contributed by atoms with Crippen molar-refractivity contribution in [1.82, 2.24) is 0 Å². The second-order valence-corrected chi connectivity index (χ2v) is 9.38. The van der Waals surface area contributed by atoms with Crippen LogP contribution in [0.3, 0.4) is 0 Å². The minimum Gasteiger partial charge on any atom is -0.478 e. The van der Waals surface area contributed by atoms with Crippen molar-refractivity contribution in [2.24, 2.45) is 23.7 Å². The summed E-state index contributed by atoms with van der Waals surface area (Å²) >= 11 is 0. The van der Waals surface area contributed by atoms with Crippen molar-refractivity contribution in [3.63, 3.8) is 0 Å². The Balaban J connectivity index is 1.71. The van der Waals surface area contributed by atoms with E-state index in [1.54, 1.807) is 67.6 Å². The Bertz CT molecular complexity index is 1050. The quantitative estimate of drug-likeness (QED) is 0.568. The Morgan fingerprint density at radius 1 is 0.969 bits per heavy atom. The van der Waals surface area contributed by atoms with Gasteiger partial charge >= 0.3 is 13.8 Å². The molecule has 2 aliphatic rings. The van der Waals surface area contributed by atoms with Crippen molar-refractivity contribution in [1.29, 1.82) is 0 Å². The fraction of sp³-hybridized carbons (Fsp3) is 0.304. The summed E-state index contributed by atoms with van der Waals surface area (Å²) in [6.07, 6.45) is -0.937. The first-order chi connectivity index (χ1) is 15.2. The van der Waals surface area contributed by atoms with Gasteiger partial charge in [-0.05, 0) is 37.1 Å². The number of phosphoric ester groups is 1. The van der Waals surface area contributed by atoms with Crippen LogP contribution in [0.4, 0.5) is 0 Å². The zero-order valence-electron chi connectivity index (χ0n) is 17.5. The van der Waals surface area contributed by atoms with Crippen LogP contribution in [0.15, 0.2) is 72.0 Å². The van der Waals surface area contributed by atoms with Crippen molar-refractivity contribution >= 4 is 19.6 Å². The summed E-state index contributed by atoms with van der Waals surface area (Å²) in [6.45, 7) is 3.17. The number of carboxylic acids is 1. The van der Waals surface area contributed by atoms with Crippen LogP contribution in [0.5, 0.6) is 11.5 Å². The summed E-state index contributed by atoms with van der Waals surface area (Å²) in [5, 5.41) is 19.8. The molecular weight excluding hydrogens is 435 g/mol. The van der Waals surface area contributed by atoms with Gasteiger partial charge in [0, 0.05) is 11.8 Å². The molecule has 1 fully saturated rings. The van der Waals surface area contributed by atoms with Gasteiger partial charge in [0.15, 0.2) is 0 Å². The van der Waals surface area contributed by atoms with Gasteiger partial charge in [-0.2, -0.15) is 4.57 Å². The van der Waals surface area contributed by atoms with E-state index in [1.807, 2.05) is 0 Å². The predicted octanol–water partition coefficient (Wildman–Crippen LogP) is 4.07. The van der Waals surface area contributed by atoms with E-state index >= 15 is 0 Å². The maximum absolute atomic E-state index is 13.7. The number of phosphoric acid groups is 1. The molecule has 0 amide bonds. The minimum atomic E-state index is -4.41. The molecule has 0 bridgehead atoms. The van der Waals surface area contributed by atoms with Crippen LogP contribution in [-0.2, 0) is 18.7 Å². The standard InChI is InChI=1S/C23H23O8P/c1-13-17-18(14(2)24)21(25)19(17)20(23(26)27)22(13)31-32(28,29-15-9-5-3-6-10-15)30-16-11-7-4-8-12-16/h3-14,17-19,24H,1-2H3,(H,26,27)/t13-,14-,17-,18-,19?/m1/s1. The van der Waals surface area contributed by atoms with E-state index in [0.29, 0.717) is 0 Å². The number of para-hydroxylation sites is 2. The first-order valence-corrected chi connectivity index (χ1v) is 11.7. The Morgan fingerprint density at radius 3 is 1.91 bits per heavy atom. The summed E-state index contributed by atoms with van der Waals surface area (Å²) in [5.74, 6) is -4.13. The van der Waals surface area contributed by atoms with Crippen LogP contribution in [0.25, 0.3) is 0 Å².